The second-order valence-corrected chi connectivity index (χ2v) is 4.99. The maximum atomic E-state index is 11.7. The van der Waals surface area contributed by atoms with Crippen LogP contribution in [-0.2, 0) is 9.59 Å². The van der Waals surface area contributed by atoms with Crippen molar-refractivity contribution in [3.8, 4) is 5.75 Å². The van der Waals surface area contributed by atoms with Crippen LogP contribution >= 0.6 is 0 Å². The number of ketones is 1. The molecule has 4 heteroatoms. The molecule has 0 unspecified atom stereocenters. The van der Waals surface area contributed by atoms with Crippen LogP contribution in [0.1, 0.15) is 39.0 Å². The average molecular weight is 275 g/mol. The molecule has 1 aliphatic heterocycles. The fourth-order valence-electron chi connectivity index (χ4n) is 2.30. The number of rotatable bonds is 7. The normalized spacial score (nSPS) is 14.7. The van der Waals surface area contributed by atoms with Gasteiger partial charge in [0.05, 0.1) is 6.61 Å². The van der Waals surface area contributed by atoms with Crippen molar-refractivity contribution in [3.05, 3.63) is 24.3 Å². The Morgan fingerprint density at radius 1 is 1.40 bits per heavy atom. The number of anilines is 1. The molecule has 1 aromatic carbocycles. The van der Waals surface area contributed by atoms with Gasteiger partial charge in [0.2, 0.25) is 5.91 Å². The minimum absolute atomic E-state index is 0.177. The molecule has 20 heavy (non-hydrogen) atoms. The standard InChI is InChI=1S/C16H21NO3/c1-2-14(18)7-5-11-20-15-8-3-6-13(12-15)17-10-4-9-16(17)19/h3,6,8,12H,2,4-5,7,9-11H2,1H3. The number of ether oxygens (including phenoxy) is 1. The SMILES string of the molecule is CCC(=O)CCCOc1cccc(N2CCCC2=O)c1. The molecule has 0 saturated carbocycles. The molecule has 0 atom stereocenters. The van der Waals surface area contributed by atoms with E-state index in [4.69, 9.17) is 4.74 Å². The first-order valence-corrected chi connectivity index (χ1v) is 7.25. The minimum Gasteiger partial charge on any atom is -0.494 e. The smallest absolute Gasteiger partial charge is 0.227 e. The maximum absolute atomic E-state index is 11.7. The summed E-state index contributed by atoms with van der Waals surface area (Å²) in [4.78, 5) is 24.7. The lowest BCUT2D eigenvalue weighted by Gasteiger charge is -2.16. The predicted molar refractivity (Wildman–Crippen MR) is 78.1 cm³/mol. The molecule has 1 aliphatic rings. The molecule has 0 N–H and O–H groups in total. The lowest BCUT2D eigenvalue weighted by atomic mass is 10.2. The first kappa shape index (κ1) is 14.6. The van der Waals surface area contributed by atoms with Crippen LogP contribution in [0.2, 0.25) is 0 Å². The fourth-order valence-corrected chi connectivity index (χ4v) is 2.30. The van der Waals surface area contributed by atoms with Crippen molar-refractivity contribution in [1.82, 2.24) is 0 Å². The Bertz CT molecular complexity index is 484. The molecule has 0 bridgehead atoms. The highest BCUT2D eigenvalue weighted by molar-refractivity contribution is 5.95. The Hall–Kier alpha value is -1.84. The van der Waals surface area contributed by atoms with Crippen LogP contribution in [0.15, 0.2) is 24.3 Å². The summed E-state index contributed by atoms with van der Waals surface area (Å²) in [6.45, 7) is 3.19. The van der Waals surface area contributed by atoms with Crippen LogP contribution in [0, 0.1) is 0 Å². The lowest BCUT2D eigenvalue weighted by Crippen LogP contribution is -2.23. The van der Waals surface area contributed by atoms with Crippen LogP contribution in [0.4, 0.5) is 5.69 Å². The molecular weight excluding hydrogens is 254 g/mol. The molecule has 108 valence electrons. The molecular formula is C16H21NO3. The third-order valence-corrected chi connectivity index (χ3v) is 3.47. The monoisotopic (exact) mass is 275 g/mol. The van der Waals surface area contributed by atoms with Gasteiger partial charge in [0.25, 0.3) is 0 Å². The third kappa shape index (κ3) is 3.83. The zero-order valence-electron chi connectivity index (χ0n) is 11.9. The number of nitrogens with zero attached hydrogens (tertiary/aromatic N) is 1. The van der Waals surface area contributed by atoms with Gasteiger partial charge in [-0.1, -0.05) is 13.0 Å². The van der Waals surface area contributed by atoms with Gasteiger partial charge in [-0.3, -0.25) is 9.59 Å². The zero-order valence-corrected chi connectivity index (χ0v) is 11.9. The number of carbonyl (C=O) groups excluding carboxylic acids is 2. The molecule has 1 saturated heterocycles. The molecule has 0 aliphatic carbocycles. The summed E-state index contributed by atoms with van der Waals surface area (Å²) in [5, 5.41) is 0. The topological polar surface area (TPSA) is 46.6 Å². The third-order valence-electron chi connectivity index (χ3n) is 3.47. The molecule has 2 rings (SSSR count). The number of benzene rings is 1. The summed E-state index contributed by atoms with van der Waals surface area (Å²) in [6.07, 6.45) is 3.44. The van der Waals surface area contributed by atoms with Gasteiger partial charge in [-0.05, 0) is 25.0 Å². The highest BCUT2D eigenvalue weighted by Gasteiger charge is 2.21. The molecule has 0 spiro atoms. The summed E-state index contributed by atoms with van der Waals surface area (Å²) < 4.78 is 5.65. The van der Waals surface area contributed by atoms with Crippen molar-refractivity contribution in [2.45, 2.75) is 39.0 Å². The highest BCUT2D eigenvalue weighted by Crippen LogP contribution is 2.25. The van der Waals surface area contributed by atoms with E-state index in [1.54, 1.807) is 4.90 Å². The Balaban J connectivity index is 1.86. The zero-order chi connectivity index (χ0) is 14.4. The summed E-state index contributed by atoms with van der Waals surface area (Å²) in [7, 11) is 0. The van der Waals surface area contributed by atoms with Gasteiger partial charge >= 0.3 is 0 Å². The van der Waals surface area contributed by atoms with Gasteiger partial charge in [-0.25, -0.2) is 0 Å². The number of hydrogen-bond donors (Lipinski definition) is 0. The Morgan fingerprint density at radius 2 is 2.25 bits per heavy atom. The predicted octanol–water partition coefficient (Wildman–Crippen LogP) is 2.95. The van der Waals surface area contributed by atoms with Crippen molar-refractivity contribution in [2.75, 3.05) is 18.1 Å². The van der Waals surface area contributed by atoms with E-state index in [9.17, 15) is 9.59 Å². The van der Waals surface area contributed by atoms with Gasteiger partial charge in [0.1, 0.15) is 11.5 Å². The first-order chi connectivity index (χ1) is 9.70. The van der Waals surface area contributed by atoms with E-state index >= 15 is 0 Å². The van der Waals surface area contributed by atoms with E-state index < -0.39 is 0 Å². The van der Waals surface area contributed by atoms with Crippen molar-refractivity contribution >= 4 is 17.4 Å². The Kier molecular flexibility index (Phi) is 5.16. The van der Waals surface area contributed by atoms with Crippen LogP contribution in [-0.4, -0.2) is 24.8 Å². The van der Waals surface area contributed by atoms with Crippen LogP contribution in [0.25, 0.3) is 0 Å². The second kappa shape index (κ2) is 7.08. The van der Waals surface area contributed by atoms with Crippen molar-refractivity contribution in [2.24, 2.45) is 0 Å². The van der Waals surface area contributed by atoms with Crippen molar-refractivity contribution in [3.63, 3.8) is 0 Å². The highest BCUT2D eigenvalue weighted by atomic mass is 16.5. The lowest BCUT2D eigenvalue weighted by molar-refractivity contribution is -0.119. The van der Waals surface area contributed by atoms with Crippen molar-refractivity contribution in [1.29, 1.82) is 0 Å². The van der Waals surface area contributed by atoms with E-state index in [-0.39, 0.29) is 11.7 Å². The molecule has 0 radical (unpaired) electrons. The summed E-state index contributed by atoms with van der Waals surface area (Å²) in [6, 6.07) is 7.60. The molecule has 0 aromatic heterocycles. The van der Waals surface area contributed by atoms with Gasteiger partial charge in [0, 0.05) is 37.6 Å². The van der Waals surface area contributed by atoms with Gasteiger partial charge < -0.3 is 9.64 Å². The van der Waals surface area contributed by atoms with Crippen LogP contribution < -0.4 is 9.64 Å². The summed E-state index contributed by atoms with van der Waals surface area (Å²) in [5.74, 6) is 1.20. The van der Waals surface area contributed by atoms with Crippen LogP contribution in [0.5, 0.6) is 5.75 Å². The Labute approximate surface area is 119 Å². The second-order valence-electron chi connectivity index (χ2n) is 4.99. The van der Waals surface area contributed by atoms with Gasteiger partial charge in [-0.15, -0.1) is 0 Å². The molecule has 1 heterocycles. The number of hydrogen-bond acceptors (Lipinski definition) is 3. The van der Waals surface area contributed by atoms with Crippen LogP contribution in [0.3, 0.4) is 0 Å². The molecule has 1 aromatic rings. The molecule has 4 nitrogen and oxygen atoms in total. The average Bonchev–Trinajstić information content (AvgIpc) is 2.90. The van der Waals surface area contributed by atoms with Crippen molar-refractivity contribution < 1.29 is 14.3 Å². The first-order valence-electron chi connectivity index (χ1n) is 7.25. The van der Waals surface area contributed by atoms with E-state index in [0.29, 0.717) is 25.9 Å². The largest absolute Gasteiger partial charge is 0.494 e. The maximum Gasteiger partial charge on any atom is 0.227 e. The number of carbonyl (C=O) groups is 2. The fraction of sp³-hybridized carbons (Fsp3) is 0.500. The summed E-state index contributed by atoms with van der Waals surface area (Å²) >= 11 is 0. The van der Waals surface area contributed by atoms with E-state index in [0.717, 1.165) is 30.8 Å². The number of amides is 1. The van der Waals surface area contributed by atoms with E-state index in [1.165, 1.54) is 0 Å². The molecule has 1 fully saturated rings. The van der Waals surface area contributed by atoms with E-state index in [2.05, 4.69) is 0 Å². The Morgan fingerprint density at radius 3 is 2.95 bits per heavy atom. The van der Waals surface area contributed by atoms with Gasteiger partial charge in [0.15, 0.2) is 0 Å². The molecule has 1 amide bonds. The van der Waals surface area contributed by atoms with E-state index in [1.807, 2.05) is 31.2 Å². The summed E-state index contributed by atoms with van der Waals surface area (Å²) in [5.41, 5.74) is 0.898. The number of Topliss-reactive ketones (excluding diaryl/α,β-unsaturated/α-hetero) is 1. The van der Waals surface area contributed by atoms with Gasteiger partial charge in [-0.2, -0.15) is 0 Å². The minimum atomic E-state index is 0.177. The quantitative estimate of drug-likeness (QED) is 0.719.